The lowest BCUT2D eigenvalue weighted by atomic mass is 9.97. The molecular formula is C12H22N2O5S2. The van der Waals surface area contributed by atoms with Crippen LogP contribution in [0.4, 0.5) is 0 Å². The number of likely N-dealkylation sites (tertiary alicyclic amines) is 1. The molecular weight excluding hydrogens is 316 g/mol. The quantitative estimate of drug-likeness (QED) is 0.679. The fourth-order valence-electron chi connectivity index (χ4n) is 2.97. The number of carbonyl (C=O) groups is 1. The molecule has 0 aromatic carbocycles. The Kier molecular flexibility index (Phi) is 4.65. The number of hydrogen-bond donors (Lipinski definition) is 0. The second-order valence-electron chi connectivity index (χ2n) is 5.96. The molecule has 0 N–H and O–H groups in total. The SMILES string of the molecule is CS(=O)(=O)[C@@H]1CCN(C(=O)C2CCN(S(C)(=O)=O)CC2)C1. The van der Waals surface area contributed by atoms with Gasteiger partial charge in [0.25, 0.3) is 0 Å². The Bertz CT molecular complexity index is 606. The second kappa shape index (κ2) is 5.85. The number of carbonyl (C=O) groups excluding carboxylic acids is 1. The van der Waals surface area contributed by atoms with E-state index in [1.165, 1.54) is 16.8 Å². The van der Waals surface area contributed by atoms with Crippen LogP contribution in [0.2, 0.25) is 0 Å². The van der Waals surface area contributed by atoms with Gasteiger partial charge >= 0.3 is 0 Å². The van der Waals surface area contributed by atoms with E-state index >= 15 is 0 Å². The van der Waals surface area contributed by atoms with Crippen LogP contribution in [0.25, 0.3) is 0 Å². The zero-order valence-electron chi connectivity index (χ0n) is 12.4. The van der Waals surface area contributed by atoms with Gasteiger partial charge in [0.2, 0.25) is 15.9 Å². The van der Waals surface area contributed by atoms with Crippen LogP contribution in [-0.4, -0.2) is 75.9 Å². The van der Waals surface area contributed by atoms with Crippen LogP contribution >= 0.6 is 0 Å². The number of piperidine rings is 1. The van der Waals surface area contributed by atoms with Gasteiger partial charge in [-0.1, -0.05) is 0 Å². The van der Waals surface area contributed by atoms with Crippen LogP contribution < -0.4 is 0 Å². The van der Waals surface area contributed by atoms with E-state index < -0.39 is 25.1 Å². The minimum atomic E-state index is -3.19. The summed E-state index contributed by atoms with van der Waals surface area (Å²) in [6, 6.07) is 0. The summed E-state index contributed by atoms with van der Waals surface area (Å²) in [5, 5.41) is -0.461. The molecule has 2 heterocycles. The zero-order valence-corrected chi connectivity index (χ0v) is 14.0. The van der Waals surface area contributed by atoms with Gasteiger partial charge in [0.15, 0.2) is 9.84 Å². The van der Waals surface area contributed by atoms with E-state index in [-0.39, 0.29) is 18.4 Å². The molecule has 1 amide bonds. The smallest absolute Gasteiger partial charge is 0.225 e. The molecule has 122 valence electrons. The molecule has 2 fully saturated rings. The first-order valence-corrected chi connectivity index (χ1v) is 10.8. The van der Waals surface area contributed by atoms with Crippen LogP contribution in [0.1, 0.15) is 19.3 Å². The van der Waals surface area contributed by atoms with E-state index in [2.05, 4.69) is 0 Å². The molecule has 7 nitrogen and oxygen atoms in total. The van der Waals surface area contributed by atoms with Crippen LogP contribution in [0.5, 0.6) is 0 Å². The monoisotopic (exact) mass is 338 g/mol. The normalized spacial score (nSPS) is 26.2. The van der Waals surface area contributed by atoms with Crippen molar-refractivity contribution in [3.8, 4) is 0 Å². The lowest BCUT2D eigenvalue weighted by Crippen LogP contribution is -2.43. The van der Waals surface area contributed by atoms with Crippen LogP contribution in [0, 0.1) is 5.92 Å². The molecule has 2 aliphatic rings. The standard InChI is InChI=1S/C12H22N2O5S2/c1-20(16,17)11-5-6-13(9-11)12(15)10-3-7-14(8-4-10)21(2,18)19/h10-11H,3-9H2,1-2H3/t11-/m1/s1. The fourth-order valence-corrected chi connectivity index (χ4v) is 4.83. The van der Waals surface area contributed by atoms with Gasteiger partial charge in [0.1, 0.15) is 0 Å². The fraction of sp³-hybridized carbons (Fsp3) is 0.917. The molecule has 2 aliphatic heterocycles. The Labute approximate surface area is 126 Å². The summed E-state index contributed by atoms with van der Waals surface area (Å²) >= 11 is 0. The largest absolute Gasteiger partial charge is 0.341 e. The highest BCUT2D eigenvalue weighted by Crippen LogP contribution is 2.24. The minimum Gasteiger partial charge on any atom is -0.341 e. The third kappa shape index (κ3) is 3.95. The molecule has 0 saturated carbocycles. The Morgan fingerprint density at radius 1 is 0.952 bits per heavy atom. The summed E-state index contributed by atoms with van der Waals surface area (Å²) in [5.41, 5.74) is 0. The van der Waals surface area contributed by atoms with Crippen molar-refractivity contribution in [2.75, 3.05) is 38.7 Å². The van der Waals surface area contributed by atoms with E-state index in [1.54, 1.807) is 4.90 Å². The highest BCUT2D eigenvalue weighted by molar-refractivity contribution is 7.91. The summed E-state index contributed by atoms with van der Waals surface area (Å²) in [6.45, 7) is 1.46. The first kappa shape index (κ1) is 16.7. The van der Waals surface area contributed by atoms with Gasteiger partial charge in [-0.05, 0) is 19.3 Å². The number of sulfonamides is 1. The maximum Gasteiger partial charge on any atom is 0.225 e. The van der Waals surface area contributed by atoms with Crippen LogP contribution in [0.15, 0.2) is 0 Å². The number of nitrogens with zero attached hydrogens (tertiary/aromatic N) is 2. The van der Waals surface area contributed by atoms with Crippen molar-refractivity contribution in [1.82, 2.24) is 9.21 Å². The van der Waals surface area contributed by atoms with Crippen molar-refractivity contribution in [3.05, 3.63) is 0 Å². The lowest BCUT2D eigenvalue weighted by molar-refractivity contribution is -0.135. The summed E-state index contributed by atoms with van der Waals surface area (Å²) in [5.74, 6) is -0.226. The molecule has 2 saturated heterocycles. The minimum absolute atomic E-state index is 0.0331. The maximum absolute atomic E-state index is 12.4. The van der Waals surface area contributed by atoms with Crippen molar-refractivity contribution in [1.29, 1.82) is 0 Å². The molecule has 9 heteroatoms. The third-order valence-corrected chi connectivity index (χ3v) is 7.23. The Hall–Kier alpha value is -0.670. The number of amides is 1. The summed E-state index contributed by atoms with van der Waals surface area (Å²) < 4.78 is 47.3. The van der Waals surface area contributed by atoms with Crippen LogP contribution in [0.3, 0.4) is 0 Å². The Morgan fingerprint density at radius 2 is 1.52 bits per heavy atom. The van der Waals surface area contributed by atoms with Crippen LogP contribution in [-0.2, 0) is 24.7 Å². The first-order chi connectivity index (χ1) is 9.59. The van der Waals surface area contributed by atoms with Gasteiger partial charge in [-0.15, -0.1) is 0 Å². The van der Waals surface area contributed by atoms with Crippen molar-refractivity contribution in [2.24, 2.45) is 5.92 Å². The molecule has 21 heavy (non-hydrogen) atoms. The summed E-state index contributed by atoms with van der Waals surface area (Å²) in [6.07, 6.45) is 3.88. The predicted octanol–water partition coefficient (Wildman–Crippen LogP) is -0.696. The highest BCUT2D eigenvalue weighted by atomic mass is 32.2. The van der Waals surface area contributed by atoms with Gasteiger partial charge in [-0.25, -0.2) is 21.1 Å². The van der Waals surface area contributed by atoms with Gasteiger partial charge in [-0.3, -0.25) is 4.79 Å². The van der Waals surface area contributed by atoms with Gasteiger partial charge < -0.3 is 4.90 Å². The molecule has 0 unspecified atom stereocenters. The average Bonchev–Trinajstić information content (AvgIpc) is 2.86. The first-order valence-electron chi connectivity index (χ1n) is 7.02. The number of hydrogen-bond acceptors (Lipinski definition) is 5. The van der Waals surface area contributed by atoms with Crippen molar-refractivity contribution in [3.63, 3.8) is 0 Å². The summed E-state index contributed by atoms with van der Waals surface area (Å²) in [7, 11) is -6.30. The highest BCUT2D eigenvalue weighted by Gasteiger charge is 2.37. The van der Waals surface area contributed by atoms with E-state index in [4.69, 9.17) is 0 Å². The predicted molar refractivity (Wildman–Crippen MR) is 79.0 cm³/mol. The average molecular weight is 338 g/mol. The Balaban J connectivity index is 1.92. The zero-order chi connectivity index (χ0) is 15.8. The van der Waals surface area contributed by atoms with Crippen molar-refractivity contribution in [2.45, 2.75) is 24.5 Å². The molecule has 0 spiro atoms. The molecule has 0 bridgehead atoms. The molecule has 0 aromatic heterocycles. The maximum atomic E-state index is 12.4. The number of sulfone groups is 1. The van der Waals surface area contributed by atoms with E-state index in [0.29, 0.717) is 38.9 Å². The van der Waals surface area contributed by atoms with Crippen molar-refractivity contribution < 1.29 is 21.6 Å². The van der Waals surface area contributed by atoms with E-state index in [0.717, 1.165) is 0 Å². The summed E-state index contributed by atoms with van der Waals surface area (Å²) in [4.78, 5) is 14.0. The second-order valence-corrected chi connectivity index (χ2v) is 10.3. The third-order valence-electron chi connectivity index (χ3n) is 4.33. The lowest BCUT2D eigenvalue weighted by Gasteiger charge is -2.31. The van der Waals surface area contributed by atoms with E-state index in [9.17, 15) is 21.6 Å². The Morgan fingerprint density at radius 3 is 1.95 bits per heavy atom. The van der Waals surface area contributed by atoms with Gasteiger partial charge in [0.05, 0.1) is 11.5 Å². The topological polar surface area (TPSA) is 91.8 Å². The van der Waals surface area contributed by atoms with Gasteiger partial charge in [0, 0.05) is 38.4 Å². The molecule has 0 radical (unpaired) electrons. The molecule has 2 rings (SSSR count). The molecule has 0 aliphatic carbocycles. The molecule has 1 atom stereocenters. The molecule has 0 aromatic rings. The van der Waals surface area contributed by atoms with Gasteiger partial charge in [-0.2, -0.15) is 0 Å². The number of rotatable bonds is 3. The van der Waals surface area contributed by atoms with Crippen molar-refractivity contribution >= 4 is 25.8 Å². The van der Waals surface area contributed by atoms with E-state index in [1.807, 2.05) is 0 Å².